The SMILES string of the molecule is O=C(c1ccoc1Cl)N1CCOC[C@@H]1[C@H]1CCC[C@H]1O. The predicted molar refractivity (Wildman–Crippen MR) is 72.7 cm³/mol. The van der Waals surface area contributed by atoms with Crippen LogP contribution in [0.2, 0.25) is 5.22 Å². The number of ether oxygens (including phenoxy) is 1. The van der Waals surface area contributed by atoms with E-state index < -0.39 is 0 Å². The van der Waals surface area contributed by atoms with Crippen molar-refractivity contribution in [2.75, 3.05) is 19.8 Å². The van der Waals surface area contributed by atoms with Crippen LogP contribution in [0.5, 0.6) is 0 Å². The molecule has 1 aliphatic heterocycles. The molecule has 1 saturated carbocycles. The number of hydrogen-bond donors (Lipinski definition) is 1. The number of rotatable bonds is 2. The van der Waals surface area contributed by atoms with Gasteiger partial charge in [-0.3, -0.25) is 4.79 Å². The molecule has 3 atom stereocenters. The Bertz CT molecular complexity index is 489. The Hall–Kier alpha value is -1.04. The molecule has 1 aromatic heterocycles. The van der Waals surface area contributed by atoms with Crippen LogP contribution in [-0.2, 0) is 4.74 Å². The van der Waals surface area contributed by atoms with Crippen molar-refractivity contribution in [1.29, 1.82) is 0 Å². The van der Waals surface area contributed by atoms with Crippen LogP contribution in [0.25, 0.3) is 0 Å². The van der Waals surface area contributed by atoms with E-state index in [-0.39, 0.29) is 29.2 Å². The molecule has 2 heterocycles. The Morgan fingerprint density at radius 2 is 2.30 bits per heavy atom. The minimum absolute atomic E-state index is 0.0836. The Morgan fingerprint density at radius 3 is 2.95 bits per heavy atom. The normalized spacial score (nSPS) is 30.7. The highest BCUT2D eigenvalue weighted by molar-refractivity contribution is 6.32. The standard InChI is InChI=1S/C14H18ClNO4/c15-13-10(4-6-20-13)14(18)16-5-7-19-8-11(16)9-2-1-3-12(9)17/h4,6,9,11-12,17H,1-3,5,7-8H2/t9-,11-,12-/m1/s1. The van der Waals surface area contributed by atoms with Crippen LogP contribution in [0.15, 0.2) is 16.7 Å². The first kappa shape index (κ1) is 13.9. The van der Waals surface area contributed by atoms with Crippen LogP contribution in [0.4, 0.5) is 0 Å². The molecule has 2 fully saturated rings. The summed E-state index contributed by atoms with van der Waals surface area (Å²) >= 11 is 5.90. The summed E-state index contributed by atoms with van der Waals surface area (Å²) in [6, 6.07) is 1.50. The van der Waals surface area contributed by atoms with Gasteiger partial charge in [-0.2, -0.15) is 0 Å². The number of halogens is 1. The zero-order valence-corrected chi connectivity index (χ0v) is 11.9. The number of hydrogen-bond acceptors (Lipinski definition) is 4. The largest absolute Gasteiger partial charge is 0.452 e. The summed E-state index contributed by atoms with van der Waals surface area (Å²) in [6.07, 6.45) is 3.79. The lowest BCUT2D eigenvalue weighted by atomic mass is 9.94. The van der Waals surface area contributed by atoms with Crippen LogP contribution >= 0.6 is 11.6 Å². The molecule has 1 aliphatic carbocycles. The topological polar surface area (TPSA) is 62.9 Å². The lowest BCUT2D eigenvalue weighted by Gasteiger charge is -2.40. The van der Waals surface area contributed by atoms with Gasteiger partial charge < -0.3 is 19.2 Å². The van der Waals surface area contributed by atoms with Crippen LogP contribution in [0.1, 0.15) is 29.6 Å². The number of aliphatic hydroxyl groups excluding tert-OH is 1. The number of morpholine rings is 1. The Kier molecular flexibility index (Phi) is 4.01. The third-order valence-electron chi connectivity index (χ3n) is 4.30. The third kappa shape index (κ3) is 2.45. The smallest absolute Gasteiger partial charge is 0.259 e. The van der Waals surface area contributed by atoms with Crippen molar-refractivity contribution in [1.82, 2.24) is 4.90 Å². The Balaban J connectivity index is 1.82. The van der Waals surface area contributed by atoms with Crippen molar-refractivity contribution in [3.05, 3.63) is 23.1 Å². The molecular formula is C14H18ClNO4. The van der Waals surface area contributed by atoms with Gasteiger partial charge in [0.15, 0.2) is 0 Å². The maximum atomic E-state index is 12.6. The van der Waals surface area contributed by atoms with E-state index in [0.29, 0.717) is 25.3 Å². The lowest BCUT2D eigenvalue weighted by molar-refractivity contribution is -0.0383. The Labute approximate surface area is 122 Å². The molecule has 2 aliphatic rings. The van der Waals surface area contributed by atoms with Crippen molar-refractivity contribution in [3.63, 3.8) is 0 Å². The molecule has 1 saturated heterocycles. The molecule has 1 N–H and O–H groups in total. The molecule has 0 spiro atoms. The van der Waals surface area contributed by atoms with Crippen molar-refractivity contribution in [2.24, 2.45) is 5.92 Å². The quantitative estimate of drug-likeness (QED) is 0.906. The van der Waals surface area contributed by atoms with E-state index in [9.17, 15) is 9.90 Å². The molecule has 1 aromatic rings. The maximum absolute atomic E-state index is 12.6. The number of nitrogens with zero attached hydrogens (tertiary/aromatic N) is 1. The minimum atomic E-state index is -0.350. The summed E-state index contributed by atoms with van der Waals surface area (Å²) in [5.74, 6) is -0.0546. The first-order valence-electron chi connectivity index (χ1n) is 6.98. The van der Waals surface area contributed by atoms with E-state index in [0.717, 1.165) is 19.3 Å². The predicted octanol–water partition coefficient (Wildman–Crippen LogP) is 1.94. The van der Waals surface area contributed by atoms with Gasteiger partial charge in [-0.05, 0) is 30.5 Å². The highest BCUT2D eigenvalue weighted by atomic mass is 35.5. The molecule has 5 nitrogen and oxygen atoms in total. The molecule has 20 heavy (non-hydrogen) atoms. The molecule has 0 radical (unpaired) electrons. The second-order valence-electron chi connectivity index (χ2n) is 5.41. The summed E-state index contributed by atoms with van der Waals surface area (Å²) in [6.45, 7) is 1.51. The number of furan rings is 1. The molecule has 3 rings (SSSR count). The van der Waals surface area contributed by atoms with Crippen LogP contribution in [0.3, 0.4) is 0 Å². The van der Waals surface area contributed by atoms with E-state index in [1.807, 2.05) is 0 Å². The van der Waals surface area contributed by atoms with E-state index in [4.69, 9.17) is 20.8 Å². The molecule has 0 bridgehead atoms. The van der Waals surface area contributed by atoms with Crippen LogP contribution < -0.4 is 0 Å². The molecular weight excluding hydrogens is 282 g/mol. The van der Waals surface area contributed by atoms with Gasteiger partial charge in [0.2, 0.25) is 5.22 Å². The minimum Gasteiger partial charge on any atom is -0.452 e. The molecule has 110 valence electrons. The summed E-state index contributed by atoms with van der Waals surface area (Å²) in [5, 5.41) is 10.2. The van der Waals surface area contributed by atoms with Gasteiger partial charge in [-0.25, -0.2) is 0 Å². The average molecular weight is 300 g/mol. The zero-order chi connectivity index (χ0) is 14.1. The van der Waals surface area contributed by atoms with Crippen molar-refractivity contribution >= 4 is 17.5 Å². The summed E-state index contributed by atoms with van der Waals surface area (Å²) < 4.78 is 10.5. The number of carbonyl (C=O) groups is 1. The molecule has 1 amide bonds. The van der Waals surface area contributed by atoms with Gasteiger partial charge in [-0.15, -0.1) is 0 Å². The fraction of sp³-hybridized carbons (Fsp3) is 0.643. The Morgan fingerprint density at radius 1 is 1.45 bits per heavy atom. The summed E-state index contributed by atoms with van der Waals surface area (Å²) in [7, 11) is 0. The van der Waals surface area contributed by atoms with Crippen molar-refractivity contribution in [2.45, 2.75) is 31.4 Å². The molecule has 6 heteroatoms. The summed E-state index contributed by atoms with van der Waals surface area (Å²) in [5.41, 5.74) is 0.381. The first-order valence-corrected chi connectivity index (χ1v) is 7.36. The van der Waals surface area contributed by atoms with E-state index in [1.165, 1.54) is 6.26 Å². The van der Waals surface area contributed by atoms with E-state index in [2.05, 4.69) is 0 Å². The molecule has 0 aromatic carbocycles. The number of amides is 1. The number of carbonyl (C=O) groups excluding carboxylic acids is 1. The highest BCUT2D eigenvalue weighted by Gasteiger charge is 2.40. The van der Waals surface area contributed by atoms with Crippen LogP contribution in [-0.4, -0.2) is 47.8 Å². The van der Waals surface area contributed by atoms with Gasteiger partial charge in [0, 0.05) is 12.5 Å². The van der Waals surface area contributed by atoms with Crippen LogP contribution in [0, 0.1) is 5.92 Å². The van der Waals surface area contributed by atoms with E-state index in [1.54, 1.807) is 11.0 Å². The first-order chi connectivity index (χ1) is 9.68. The second-order valence-corrected chi connectivity index (χ2v) is 5.75. The zero-order valence-electron chi connectivity index (χ0n) is 11.1. The van der Waals surface area contributed by atoms with Crippen molar-refractivity contribution in [3.8, 4) is 0 Å². The fourth-order valence-corrected chi connectivity index (χ4v) is 3.44. The molecule has 0 unspecified atom stereocenters. The lowest BCUT2D eigenvalue weighted by Crippen LogP contribution is -2.53. The monoisotopic (exact) mass is 299 g/mol. The van der Waals surface area contributed by atoms with E-state index >= 15 is 0 Å². The maximum Gasteiger partial charge on any atom is 0.259 e. The average Bonchev–Trinajstić information content (AvgIpc) is 3.06. The summed E-state index contributed by atoms with van der Waals surface area (Å²) in [4.78, 5) is 14.4. The van der Waals surface area contributed by atoms with Crippen molar-refractivity contribution < 1.29 is 19.1 Å². The van der Waals surface area contributed by atoms with Gasteiger partial charge in [0.25, 0.3) is 5.91 Å². The van der Waals surface area contributed by atoms with Gasteiger partial charge in [0.1, 0.15) is 0 Å². The third-order valence-corrected chi connectivity index (χ3v) is 4.59. The highest BCUT2D eigenvalue weighted by Crippen LogP contribution is 2.33. The second kappa shape index (κ2) is 5.76. The van der Waals surface area contributed by atoms with Gasteiger partial charge in [-0.1, -0.05) is 6.42 Å². The van der Waals surface area contributed by atoms with Gasteiger partial charge in [0.05, 0.1) is 37.2 Å². The fourth-order valence-electron chi connectivity index (χ4n) is 3.25. The number of aliphatic hydroxyl groups is 1. The van der Waals surface area contributed by atoms with Gasteiger partial charge >= 0.3 is 0 Å².